The van der Waals surface area contributed by atoms with Crippen LogP contribution in [-0.2, 0) is 4.74 Å². The van der Waals surface area contributed by atoms with Crippen LogP contribution in [0, 0.1) is 0 Å². The highest BCUT2D eigenvalue weighted by molar-refractivity contribution is 4.65. The first-order valence-electron chi connectivity index (χ1n) is 6.46. The van der Waals surface area contributed by atoms with Crippen molar-refractivity contribution in [3.05, 3.63) is 0 Å². The van der Waals surface area contributed by atoms with Crippen LogP contribution >= 0.6 is 0 Å². The van der Waals surface area contributed by atoms with E-state index in [9.17, 15) is 0 Å². The van der Waals surface area contributed by atoms with Crippen LogP contribution in [0.2, 0.25) is 0 Å². The number of hydrogen-bond acceptors (Lipinski definition) is 3. The summed E-state index contributed by atoms with van der Waals surface area (Å²) < 4.78 is 5.57. The Labute approximate surface area is 94.0 Å². The van der Waals surface area contributed by atoms with E-state index in [1.807, 2.05) is 0 Å². The summed E-state index contributed by atoms with van der Waals surface area (Å²) in [7, 11) is 0. The maximum Gasteiger partial charge on any atom is 0.0576 e. The summed E-state index contributed by atoms with van der Waals surface area (Å²) in [6, 6.07) is 0. The van der Waals surface area contributed by atoms with Crippen molar-refractivity contribution in [3.8, 4) is 0 Å². The third-order valence-corrected chi connectivity index (χ3v) is 2.81. The summed E-state index contributed by atoms with van der Waals surface area (Å²) in [5.41, 5.74) is 0. The SMILES string of the molecule is CCCNCCNCCCC1CCCO1. The van der Waals surface area contributed by atoms with Gasteiger partial charge in [-0.1, -0.05) is 6.92 Å². The zero-order valence-electron chi connectivity index (χ0n) is 10.1. The van der Waals surface area contributed by atoms with Gasteiger partial charge < -0.3 is 15.4 Å². The van der Waals surface area contributed by atoms with Gasteiger partial charge >= 0.3 is 0 Å². The highest BCUT2D eigenvalue weighted by Gasteiger charge is 2.13. The fourth-order valence-electron chi connectivity index (χ4n) is 1.93. The van der Waals surface area contributed by atoms with Crippen molar-refractivity contribution in [1.82, 2.24) is 10.6 Å². The topological polar surface area (TPSA) is 33.3 Å². The molecule has 0 saturated carbocycles. The van der Waals surface area contributed by atoms with Gasteiger partial charge in [0.25, 0.3) is 0 Å². The Bertz CT molecular complexity index is 136. The first-order valence-corrected chi connectivity index (χ1v) is 6.46. The lowest BCUT2D eigenvalue weighted by atomic mass is 10.1. The second-order valence-electron chi connectivity index (χ2n) is 4.28. The quantitative estimate of drug-likeness (QED) is 0.571. The van der Waals surface area contributed by atoms with Crippen molar-refractivity contribution in [2.45, 2.75) is 45.1 Å². The molecule has 1 aliphatic heterocycles. The lowest BCUT2D eigenvalue weighted by molar-refractivity contribution is 0.102. The number of rotatable bonds is 9. The van der Waals surface area contributed by atoms with Crippen molar-refractivity contribution in [2.75, 3.05) is 32.8 Å². The zero-order chi connectivity index (χ0) is 10.8. The van der Waals surface area contributed by atoms with Crippen LogP contribution in [-0.4, -0.2) is 38.9 Å². The molecule has 0 spiro atoms. The third kappa shape index (κ3) is 6.88. The summed E-state index contributed by atoms with van der Waals surface area (Å²) in [6.45, 7) is 7.63. The molecule has 1 rings (SSSR count). The molecular formula is C12H26N2O. The summed E-state index contributed by atoms with van der Waals surface area (Å²) in [6.07, 6.45) is 6.80. The molecule has 0 amide bonds. The molecule has 0 aromatic carbocycles. The summed E-state index contributed by atoms with van der Waals surface area (Å²) in [4.78, 5) is 0. The Hall–Kier alpha value is -0.120. The van der Waals surface area contributed by atoms with E-state index in [4.69, 9.17) is 4.74 Å². The Balaban J connectivity index is 1.73. The molecule has 15 heavy (non-hydrogen) atoms. The van der Waals surface area contributed by atoms with E-state index in [1.54, 1.807) is 0 Å². The molecule has 3 heteroatoms. The highest BCUT2D eigenvalue weighted by atomic mass is 16.5. The van der Waals surface area contributed by atoms with Crippen molar-refractivity contribution < 1.29 is 4.74 Å². The average Bonchev–Trinajstić information content (AvgIpc) is 2.75. The van der Waals surface area contributed by atoms with Gasteiger partial charge in [-0.2, -0.15) is 0 Å². The van der Waals surface area contributed by atoms with Crippen LogP contribution < -0.4 is 10.6 Å². The highest BCUT2D eigenvalue weighted by Crippen LogP contribution is 2.16. The van der Waals surface area contributed by atoms with Gasteiger partial charge in [-0.3, -0.25) is 0 Å². The molecule has 90 valence electrons. The minimum Gasteiger partial charge on any atom is -0.378 e. The molecule has 0 aromatic heterocycles. The molecule has 2 N–H and O–H groups in total. The van der Waals surface area contributed by atoms with Crippen LogP contribution in [0.1, 0.15) is 39.0 Å². The molecule has 0 aliphatic carbocycles. The van der Waals surface area contributed by atoms with Crippen molar-refractivity contribution in [1.29, 1.82) is 0 Å². The van der Waals surface area contributed by atoms with Crippen LogP contribution in [0.3, 0.4) is 0 Å². The maximum atomic E-state index is 5.57. The van der Waals surface area contributed by atoms with Crippen molar-refractivity contribution in [2.24, 2.45) is 0 Å². The Kier molecular flexibility index (Phi) is 7.88. The molecule has 1 saturated heterocycles. The molecule has 1 atom stereocenters. The number of ether oxygens (including phenoxy) is 1. The van der Waals surface area contributed by atoms with Gasteiger partial charge in [0, 0.05) is 19.7 Å². The second kappa shape index (κ2) is 9.13. The number of nitrogens with one attached hydrogen (secondary N) is 2. The minimum absolute atomic E-state index is 0.560. The summed E-state index contributed by atoms with van der Waals surface area (Å²) >= 11 is 0. The first kappa shape index (κ1) is 12.9. The maximum absolute atomic E-state index is 5.57. The fraction of sp³-hybridized carbons (Fsp3) is 1.00. The van der Waals surface area contributed by atoms with E-state index in [2.05, 4.69) is 17.6 Å². The van der Waals surface area contributed by atoms with Gasteiger partial charge in [0.2, 0.25) is 0 Å². The Morgan fingerprint density at radius 1 is 1.13 bits per heavy atom. The monoisotopic (exact) mass is 214 g/mol. The summed E-state index contributed by atoms with van der Waals surface area (Å²) in [5, 5.41) is 6.83. The predicted molar refractivity (Wildman–Crippen MR) is 64.2 cm³/mol. The first-order chi connectivity index (χ1) is 7.43. The molecule has 1 aliphatic rings. The van der Waals surface area contributed by atoms with Crippen LogP contribution in [0.15, 0.2) is 0 Å². The lowest BCUT2D eigenvalue weighted by Crippen LogP contribution is -2.28. The van der Waals surface area contributed by atoms with Crippen LogP contribution in [0.5, 0.6) is 0 Å². The van der Waals surface area contributed by atoms with Gasteiger partial charge in [0.1, 0.15) is 0 Å². The molecule has 1 fully saturated rings. The molecule has 1 heterocycles. The second-order valence-corrected chi connectivity index (χ2v) is 4.28. The predicted octanol–water partition coefficient (Wildman–Crippen LogP) is 1.53. The van der Waals surface area contributed by atoms with E-state index in [-0.39, 0.29) is 0 Å². The Morgan fingerprint density at radius 2 is 1.93 bits per heavy atom. The van der Waals surface area contributed by atoms with Crippen LogP contribution in [0.4, 0.5) is 0 Å². The summed E-state index contributed by atoms with van der Waals surface area (Å²) in [5.74, 6) is 0. The van der Waals surface area contributed by atoms with Crippen molar-refractivity contribution in [3.63, 3.8) is 0 Å². The number of hydrogen-bond donors (Lipinski definition) is 2. The van der Waals surface area contributed by atoms with E-state index >= 15 is 0 Å². The molecule has 0 radical (unpaired) electrons. The minimum atomic E-state index is 0.560. The molecule has 0 bridgehead atoms. The van der Waals surface area contributed by atoms with Gasteiger partial charge in [-0.25, -0.2) is 0 Å². The molecule has 3 nitrogen and oxygen atoms in total. The molecule has 1 unspecified atom stereocenters. The van der Waals surface area contributed by atoms with Gasteiger partial charge in [-0.15, -0.1) is 0 Å². The lowest BCUT2D eigenvalue weighted by Gasteiger charge is -2.09. The van der Waals surface area contributed by atoms with E-state index in [0.717, 1.165) is 32.8 Å². The smallest absolute Gasteiger partial charge is 0.0576 e. The normalized spacial score (nSPS) is 21.0. The van der Waals surface area contributed by atoms with Crippen LogP contribution in [0.25, 0.3) is 0 Å². The van der Waals surface area contributed by atoms with E-state index < -0.39 is 0 Å². The Morgan fingerprint density at radius 3 is 2.60 bits per heavy atom. The largest absolute Gasteiger partial charge is 0.378 e. The zero-order valence-corrected chi connectivity index (χ0v) is 10.1. The standard InChI is InChI=1S/C12H26N2O/c1-2-7-13-9-10-14-8-3-5-12-6-4-11-15-12/h12-14H,2-11H2,1H3. The fourth-order valence-corrected chi connectivity index (χ4v) is 1.93. The van der Waals surface area contributed by atoms with E-state index in [1.165, 1.54) is 32.1 Å². The van der Waals surface area contributed by atoms with Gasteiger partial charge in [0.05, 0.1) is 6.10 Å². The average molecular weight is 214 g/mol. The molecular weight excluding hydrogens is 188 g/mol. The van der Waals surface area contributed by atoms with Gasteiger partial charge in [-0.05, 0) is 45.2 Å². The van der Waals surface area contributed by atoms with Gasteiger partial charge in [0.15, 0.2) is 0 Å². The third-order valence-electron chi connectivity index (χ3n) is 2.81. The molecule has 0 aromatic rings. The van der Waals surface area contributed by atoms with E-state index in [0.29, 0.717) is 6.10 Å². The van der Waals surface area contributed by atoms with Crippen molar-refractivity contribution >= 4 is 0 Å².